The Morgan fingerprint density at radius 1 is 1.12 bits per heavy atom. The number of ketones is 1. The number of aliphatic hydroxyl groups excluding tert-OH is 1. The summed E-state index contributed by atoms with van der Waals surface area (Å²) in [5, 5.41) is 10.6. The average molecular weight is 337 g/mol. The Hall–Kier alpha value is -3.21. The Labute approximate surface area is 144 Å². The van der Waals surface area contributed by atoms with Crippen LogP contribution in [0.25, 0.3) is 5.76 Å². The molecular weight excluding hydrogens is 321 g/mol. The van der Waals surface area contributed by atoms with Crippen LogP contribution in [0.2, 0.25) is 0 Å². The number of rotatable bonds is 4. The molecule has 1 fully saturated rings. The van der Waals surface area contributed by atoms with Gasteiger partial charge in [-0.2, -0.15) is 0 Å². The summed E-state index contributed by atoms with van der Waals surface area (Å²) in [6.45, 7) is 3.65. The van der Waals surface area contributed by atoms with Gasteiger partial charge in [-0.3, -0.25) is 9.59 Å². The first-order valence-electron chi connectivity index (χ1n) is 7.75. The van der Waals surface area contributed by atoms with Crippen LogP contribution in [-0.2, 0) is 9.59 Å². The number of hydrogen-bond acceptors (Lipinski definition) is 3. The van der Waals surface area contributed by atoms with Gasteiger partial charge in [0.05, 0.1) is 11.6 Å². The van der Waals surface area contributed by atoms with Crippen LogP contribution in [0.4, 0.5) is 4.39 Å². The highest BCUT2D eigenvalue weighted by Crippen LogP contribution is 2.40. The third-order valence-electron chi connectivity index (χ3n) is 4.11. The fourth-order valence-electron chi connectivity index (χ4n) is 2.98. The maximum absolute atomic E-state index is 14.4. The van der Waals surface area contributed by atoms with Crippen molar-refractivity contribution in [2.24, 2.45) is 0 Å². The summed E-state index contributed by atoms with van der Waals surface area (Å²) in [6.07, 6.45) is 1.46. The van der Waals surface area contributed by atoms with E-state index in [9.17, 15) is 19.1 Å². The third-order valence-corrected chi connectivity index (χ3v) is 4.11. The Morgan fingerprint density at radius 3 is 2.40 bits per heavy atom. The number of aliphatic hydroxyl groups is 1. The van der Waals surface area contributed by atoms with Crippen molar-refractivity contribution in [3.63, 3.8) is 0 Å². The van der Waals surface area contributed by atoms with Crippen LogP contribution in [-0.4, -0.2) is 28.2 Å². The van der Waals surface area contributed by atoms with E-state index in [1.54, 1.807) is 36.4 Å². The number of amides is 1. The number of nitrogens with zero attached hydrogens (tertiary/aromatic N) is 1. The second-order valence-corrected chi connectivity index (χ2v) is 5.63. The molecule has 1 amide bonds. The molecule has 1 aliphatic rings. The number of carbonyl (C=O) groups excluding carboxylic acids is 2. The molecule has 2 aromatic carbocycles. The van der Waals surface area contributed by atoms with Crippen LogP contribution in [0.1, 0.15) is 17.2 Å². The van der Waals surface area contributed by atoms with Crippen LogP contribution in [0, 0.1) is 5.82 Å². The number of carbonyl (C=O) groups is 2. The van der Waals surface area contributed by atoms with Gasteiger partial charge < -0.3 is 10.0 Å². The van der Waals surface area contributed by atoms with E-state index < -0.39 is 23.5 Å². The molecule has 5 heteroatoms. The lowest BCUT2D eigenvalue weighted by atomic mass is 9.95. The molecular formula is C20H16FNO3. The van der Waals surface area contributed by atoms with Gasteiger partial charge in [0.2, 0.25) is 0 Å². The van der Waals surface area contributed by atoms with Gasteiger partial charge in [-0.25, -0.2) is 4.39 Å². The molecule has 0 spiro atoms. The molecule has 2 aromatic rings. The van der Waals surface area contributed by atoms with Crippen molar-refractivity contribution in [1.29, 1.82) is 0 Å². The van der Waals surface area contributed by atoms with Gasteiger partial charge in [-0.1, -0.05) is 54.6 Å². The molecule has 0 saturated carbocycles. The van der Waals surface area contributed by atoms with Crippen molar-refractivity contribution in [2.75, 3.05) is 6.54 Å². The van der Waals surface area contributed by atoms with E-state index in [0.717, 1.165) is 0 Å². The Bertz CT molecular complexity index is 874. The van der Waals surface area contributed by atoms with Crippen LogP contribution in [0.15, 0.2) is 72.8 Å². The van der Waals surface area contributed by atoms with Crippen molar-refractivity contribution < 1.29 is 19.1 Å². The molecule has 0 radical (unpaired) electrons. The standard InChI is InChI=1S/C20H16FNO3/c1-2-12-22-17(14-10-6-7-11-15(14)21)16(19(24)20(22)25)18(23)13-8-4-3-5-9-13/h2-11,17,23H,1,12H2/t17-/m0/s1. The quantitative estimate of drug-likeness (QED) is 0.402. The Kier molecular flexibility index (Phi) is 4.48. The summed E-state index contributed by atoms with van der Waals surface area (Å²) in [4.78, 5) is 26.1. The lowest BCUT2D eigenvalue weighted by Crippen LogP contribution is -2.30. The molecule has 0 bridgehead atoms. The fraction of sp³-hybridized carbons (Fsp3) is 0.100. The molecule has 1 heterocycles. The van der Waals surface area contributed by atoms with E-state index in [-0.39, 0.29) is 23.4 Å². The highest BCUT2D eigenvalue weighted by Gasteiger charge is 2.46. The second kappa shape index (κ2) is 6.73. The number of likely N-dealkylation sites (tertiary alicyclic amines) is 1. The van der Waals surface area contributed by atoms with Crippen molar-refractivity contribution in [3.8, 4) is 0 Å². The number of Topliss-reactive ketones (excluding diaryl/α,β-unsaturated/α-hetero) is 1. The zero-order valence-electron chi connectivity index (χ0n) is 13.4. The molecule has 1 atom stereocenters. The van der Waals surface area contributed by atoms with E-state index >= 15 is 0 Å². The second-order valence-electron chi connectivity index (χ2n) is 5.63. The van der Waals surface area contributed by atoms with Gasteiger partial charge in [-0.15, -0.1) is 6.58 Å². The van der Waals surface area contributed by atoms with E-state index in [4.69, 9.17) is 0 Å². The molecule has 4 nitrogen and oxygen atoms in total. The first kappa shape index (κ1) is 16.6. The SMILES string of the molecule is C=CCN1C(=O)C(=O)C(=C(O)c2ccccc2)[C@@H]1c1ccccc1F. The topological polar surface area (TPSA) is 57.6 Å². The minimum atomic E-state index is -1.00. The summed E-state index contributed by atoms with van der Waals surface area (Å²) in [7, 11) is 0. The lowest BCUT2D eigenvalue weighted by Gasteiger charge is -2.24. The molecule has 0 aromatic heterocycles. The van der Waals surface area contributed by atoms with E-state index in [0.29, 0.717) is 5.56 Å². The Balaban J connectivity index is 2.24. The van der Waals surface area contributed by atoms with E-state index in [1.165, 1.54) is 29.2 Å². The third kappa shape index (κ3) is 2.85. The number of halogens is 1. The molecule has 1 aliphatic heterocycles. The minimum Gasteiger partial charge on any atom is -0.507 e. The molecule has 126 valence electrons. The largest absolute Gasteiger partial charge is 0.507 e. The van der Waals surface area contributed by atoms with Gasteiger partial charge >= 0.3 is 0 Å². The summed E-state index contributed by atoms with van der Waals surface area (Å²) in [6, 6.07) is 13.3. The van der Waals surface area contributed by atoms with Gasteiger partial charge in [0.15, 0.2) is 0 Å². The molecule has 25 heavy (non-hydrogen) atoms. The van der Waals surface area contributed by atoms with Crippen molar-refractivity contribution in [1.82, 2.24) is 4.90 Å². The maximum atomic E-state index is 14.4. The maximum Gasteiger partial charge on any atom is 0.295 e. The highest BCUT2D eigenvalue weighted by atomic mass is 19.1. The molecule has 0 aliphatic carbocycles. The summed E-state index contributed by atoms with van der Waals surface area (Å²) < 4.78 is 14.4. The van der Waals surface area contributed by atoms with E-state index in [2.05, 4.69) is 6.58 Å². The number of benzene rings is 2. The number of hydrogen-bond donors (Lipinski definition) is 1. The first-order valence-corrected chi connectivity index (χ1v) is 7.75. The Morgan fingerprint density at radius 2 is 1.76 bits per heavy atom. The van der Waals surface area contributed by atoms with Gasteiger partial charge in [0.1, 0.15) is 11.6 Å². The lowest BCUT2D eigenvalue weighted by molar-refractivity contribution is -0.139. The molecule has 1 N–H and O–H groups in total. The fourth-order valence-corrected chi connectivity index (χ4v) is 2.98. The van der Waals surface area contributed by atoms with Gasteiger partial charge in [0, 0.05) is 17.7 Å². The minimum absolute atomic E-state index is 0.0646. The molecule has 3 rings (SSSR count). The predicted molar refractivity (Wildman–Crippen MR) is 92.0 cm³/mol. The summed E-state index contributed by atoms with van der Waals surface area (Å²) in [5.41, 5.74) is 0.421. The summed E-state index contributed by atoms with van der Waals surface area (Å²) in [5.74, 6) is -2.50. The van der Waals surface area contributed by atoms with Crippen LogP contribution >= 0.6 is 0 Å². The predicted octanol–water partition coefficient (Wildman–Crippen LogP) is 3.43. The smallest absolute Gasteiger partial charge is 0.295 e. The van der Waals surface area contributed by atoms with Crippen molar-refractivity contribution in [3.05, 3.63) is 89.8 Å². The normalized spacial score (nSPS) is 19.2. The van der Waals surface area contributed by atoms with Gasteiger partial charge in [0.25, 0.3) is 11.7 Å². The molecule has 1 saturated heterocycles. The van der Waals surface area contributed by atoms with Crippen LogP contribution in [0.5, 0.6) is 0 Å². The van der Waals surface area contributed by atoms with E-state index in [1.807, 2.05) is 0 Å². The first-order chi connectivity index (χ1) is 12.1. The summed E-state index contributed by atoms with van der Waals surface area (Å²) >= 11 is 0. The monoisotopic (exact) mass is 337 g/mol. The average Bonchev–Trinajstić information content (AvgIpc) is 2.87. The van der Waals surface area contributed by atoms with Crippen molar-refractivity contribution >= 4 is 17.4 Å². The zero-order chi connectivity index (χ0) is 18.0. The molecule has 0 unspecified atom stereocenters. The zero-order valence-corrected chi connectivity index (χ0v) is 13.4. The van der Waals surface area contributed by atoms with Gasteiger partial charge in [-0.05, 0) is 6.07 Å². The highest BCUT2D eigenvalue weighted by molar-refractivity contribution is 6.46. The van der Waals surface area contributed by atoms with Crippen LogP contribution in [0.3, 0.4) is 0 Å². The van der Waals surface area contributed by atoms with Crippen LogP contribution < -0.4 is 0 Å². The van der Waals surface area contributed by atoms with Crippen molar-refractivity contribution in [2.45, 2.75) is 6.04 Å².